The van der Waals surface area contributed by atoms with E-state index in [4.69, 9.17) is 4.74 Å². The fourth-order valence-electron chi connectivity index (χ4n) is 5.51. The second-order valence-electron chi connectivity index (χ2n) is 11.9. The van der Waals surface area contributed by atoms with Crippen molar-refractivity contribution in [1.82, 2.24) is 4.31 Å². The summed E-state index contributed by atoms with van der Waals surface area (Å²) in [5.41, 5.74) is 2.18. The minimum absolute atomic E-state index is 0.00440. The van der Waals surface area contributed by atoms with E-state index >= 15 is 0 Å². The number of sulfonamides is 1. The third kappa shape index (κ3) is 5.11. The first-order chi connectivity index (χ1) is 13.0. The number of fused-ring (bicyclic) bond motifs is 2. The van der Waals surface area contributed by atoms with E-state index in [1.54, 1.807) is 4.31 Å². The van der Waals surface area contributed by atoms with Crippen molar-refractivity contribution in [2.45, 2.75) is 87.5 Å². The molecule has 0 aromatic heterocycles. The number of nitrogens with zero attached hydrogens (tertiary/aromatic N) is 1. The second-order valence-corrected chi connectivity index (χ2v) is 33.2. The number of hydrogen-bond donors (Lipinski definition) is 0. The molecule has 0 saturated heterocycles. The molecular weight excluding hydrogens is 505 g/mol. The Morgan fingerprint density at radius 3 is 2.14 bits per heavy atom. The van der Waals surface area contributed by atoms with Crippen LogP contribution in [0.25, 0.3) is 0 Å². The van der Waals surface area contributed by atoms with Crippen LogP contribution in [0.2, 0.25) is 34.5 Å². The Balaban J connectivity index is 2.46. The Morgan fingerprint density at radius 1 is 1.17 bits per heavy atom. The fourth-order valence-corrected chi connectivity index (χ4v) is 18.0. The molecule has 0 radical (unpaired) electrons. The molecule has 0 N–H and O–H groups in total. The number of rotatable bonds is 9. The zero-order valence-electron chi connectivity index (χ0n) is 20.6. The van der Waals surface area contributed by atoms with Crippen LogP contribution in [0.1, 0.15) is 47.0 Å². The molecule has 2 aliphatic carbocycles. The predicted molar refractivity (Wildman–Crippen MR) is 130 cm³/mol. The van der Waals surface area contributed by atoms with E-state index < -0.39 is 36.5 Å². The van der Waals surface area contributed by atoms with E-state index in [0.29, 0.717) is 19.0 Å². The van der Waals surface area contributed by atoms with Gasteiger partial charge in [-0.25, -0.2) is 0 Å². The molecule has 3 atom stereocenters. The fraction of sp³-hybridized carbons (Fsp3) is 0.909. The van der Waals surface area contributed by atoms with Gasteiger partial charge < -0.3 is 0 Å². The van der Waals surface area contributed by atoms with Gasteiger partial charge in [-0.3, -0.25) is 0 Å². The van der Waals surface area contributed by atoms with Gasteiger partial charge >= 0.3 is 187 Å². The van der Waals surface area contributed by atoms with Crippen LogP contribution in [-0.4, -0.2) is 64.1 Å². The predicted octanol–water partition coefficient (Wildman–Crippen LogP) is 5.51. The molecule has 2 fully saturated rings. The molecule has 7 heteroatoms. The molecule has 0 aromatic rings. The van der Waals surface area contributed by atoms with Gasteiger partial charge in [-0.05, 0) is 0 Å². The van der Waals surface area contributed by atoms with Crippen molar-refractivity contribution >= 4 is 36.5 Å². The first-order valence-corrected chi connectivity index (χ1v) is 26.6. The maximum atomic E-state index is 13.4. The molecule has 2 bridgehead atoms. The summed E-state index contributed by atoms with van der Waals surface area (Å²) in [5, 5.41) is 0. The molecule has 4 nitrogen and oxygen atoms in total. The topological polar surface area (TPSA) is 46.6 Å². The van der Waals surface area contributed by atoms with Crippen molar-refractivity contribution in [2.24, 2.45) is 16.7 Å². The van der Waals surface area contributed by atoms with Crippen LogP contribution in [0.4, 0.5) is 0 Å². The van der Waals surface area contributed by atoms with Crippen molar-refractivity contribution in [3.05, 3.63) is 9.47 Å². The van der Waals surface area contributed by atoms with Gasteiger partial charge in [-0.2, -0.15) is 0 Å². The SMILES string of the molecule is CCN(CC)S(=O)(=O)C[C@]12CC[C@@H](CC1O/[C](=C/[Si](C)(C)C)[Sn]([CH3])([CH3])[CH3])C2(C)C. The molecule has 2 rings (SSSR count). The van der Waals surface area contributed by atoms with Crippen LogP contribution in [-0.2, 0) is 14.8 Å². The standard InChI is InChI=1S/C19H36NO3SSi.3CH3.Sn/c1-8-20(9-2)24(21,22)15-19-11-10-16(18(19,3)4)14-17(19)23-12-13-25(5,6)7;;;;/h13,16-17H,8-11,14-15H2,1-7H3;3*1H3;/t16-,17?,19+;;;;/m0..../s1. The van der Waals surface area contributed by atoms with Gasteiger partial charge in [0.15, 0.2) is 0 Å². The zero-order chi connectivity index (χ0) is 22.5. The van der Waals surface area contributed by atoms with Crippen molar-refractivity contribution in [2.75, 3.05) is 18.8 Å². The molecule has 0 spiro atoms. The Morgan fingerprint density at radius 2 is 1.72 bits per heavy atom. The maximum absolute atomic E-state index is 13.4. The third-order valence-corrected chi connectivity index (χ3v) is 16.6. The van der Waals surface area contributed by atoms with E-state index in [1.165, 1.54) is 3.78 Å². The molecule has 0 heterocycles. The number of hydrogen-bond acceptors (Lipinski definition) is 3. The minimum atomic E-state index is -3.30. The first-order valence-electron chi connectivity index (χ1n) is 11.4. The Kier molecular flexibility index (Phi) is 7.48. The van der Waals surface area contributed by atoms with Crippen molar-refractivity contribution in [3.63, 3.8) is 0 Å². The van der Waals surface area contributed by atoms with Gasteiger partial charge in [0.25, 0.3) is 0 Å². The first kappa shape index (κ1) is 25.7. The van der Waals surface area contributed by atoms with Crippen molar-refractivity contribution in [1.29, 1.82) is 0 Å². The van der Waals surface area contributed by atoms with Gasteiger partial charge in [0, 0.05) is 0 Å². The summed E-state index contributed by atoms with van der Waals surface area (Å²) >= 11 is -2.46. The van der Waals surface area contributed by atoms with Crippen LogP contribution in [0.5, 0.6) is 0 Å². The Hall–Kier alpha value is 0.466. The van der Waals surface area contributed by atoms with Crippen LogP contribution in [0, 0.1) is 16.7 Å². The summed E-state index contributed by atoms with van der Waals surface area (Å²) in [6.07, 6.45) is 3.13. The Labute approximate surface area is 185 Å². The van der Waals surface area contributed by atoms with Crippen LogP contribution < -0.4 is 0 Å². The third-order valence-electron chi connectivity index (χ3n) is 7.47. The van der Waals surface area contributed by atoms with Crippen LogP contribution >= 0.6 is 0 Å². The quantitative estimate of drug-likeness (QED) is 0.281. The average molecular weight is 550 g/mol. The zero-order valence-corrected chi connectivity index (χ0v) is 25.2. The Bertz CT molecular complexity index is 732. The van der Waals surface area contributed by atoms with Gasteiger partial charge in [-0.1, -0.05) is 0 Å². The van der Waals surface area contributed by atoms with E-state index in [-0.39, 0.29) is 22.7 Å². The van der Waals surface area contributed by atoms with Gasteiger partial charge in [0.1, 0.15) is 0 Å². The summed E-state index contributed by atoms with van der Waals surface area (Å²) in [6, 6.07) is 0. The molecule has 0 aliphatic heterocycles. The summed E-state index contributed by atoms with van der Waals surface area (Å²) in [6.45, 7) is 16.6. The molecule has 0 amide bonds. The summed E-state index contributed by atoms with van der Waals surface area (Å²) in [5.74, 6) is 0.790. The molecule has 2 saturated carbocycles. The molecule has 2 aliphatic rings. The normalized spacial score (nSPS) is 30.2. The van der Waals surface area contributed by atoms with Crippen LogP contribution in [0.3, 0.4) is 0 Å². The van der Waals surface area contributed by atoms with Crippen LogP contribution in [0.15, 0.2) is 9.47 Å². The van der Waals surface area contributed by atoms with E-state index in [1.807, 2.05) is 13.8 Å². The van der Waals surface area contributed by atoms with Gasteiger partial charge in [-0.15, -0.1) is 0 Å². The van der Waals surface area contributed by atoms with E-state index in [2.05, 4.69) is 54.0 Å². The van der Waals surface area contributed by atoms with E-state index in [9.17, 15) is 8.42 Å². The average Bonchev–Trinajstić information content (AvgIpc) is 2.87. The van der Waals surface area contributed by atoms with E-state index in [0.717, 1.165) is 19.3 Å². The molecule has 1 unspecified atom stereocenters. The molecule has 29 heavy (non-hydrogen) atoms. The number of ether oxygens (including phenoxy) is 1. The van der Waals surface area contributed by atoms with Crippen molar-refractivity contribution in [3.8, 4) is 0 Å². The monoisotopic (exact) mass is 551 g/mol. The summed E-state index contributed by atoms with van der Waals surface area (Å²) in [7, 11) is -4.72. The molecular formula is C22H45NO3SSiSn. The summed E-state index contributed by atoms with van der Waals surface area (Å²) in [4.78, 5) is 7.25. The molecule has 0 aromatic carbocycles. The summed E-state index contributed by atoms with van der Waals surface area (Å²) < 4.78 is 36.5. The molecule has 170 valence electrons. The van der Waals surface area contributed by atoms with Crippen molar-refractivity contribution < 1.29 is 13.2 Å². The second kappa shape index (κ2) is 8.43. The van der Waals surface area contributed by atoms with Gasteiger partial charge in [0.2, 0.25) is 0 Å². The van der Waals surface area contributed by atoms with Gasteiger partial charge in [0.05, 0.1) is 0 Å².